The van der Waals surface area contributed by atoms with Gasteiger partial charge in [0.2, 0.25) is 0 Å². The molecule has 0 aliphatic heterocycles. The average molecular weight is 364 g/mol. The Balaban J connectivity index is 1.53. The molecule has 1 unspecified atom stereocenters. The van der Waals surface area contributed by atoms with Crippen LogP contribution in [0.4, 0.5) is 4.79 Å². The van der Waals surface area contributed by atoms with Gasteiger partial charge in [0.1, 0.15) is 5.75 Å². The predicted octanol–water partition coefficient (Wildman–Crippen LogP) is 3.83. The van der Waals surface area contributed by atoms with Gasteiger partial charge in [-0.3, -0.25) is 0 Å². The third kappa shape index (κ3) is 4.88. The summed E-state index contributed by atoms with van der Waals surface area (Å²) in [6.07, 6.45) is 6.20. The van der Waals surface area contributed by atoms with Gasteiger partial charge in [-0.15, -0.1) is 0 Å². The molecule has 0 bridgehead atoms. The van der Waals surface area contributed by atoms with Crippen molar-refractivity contribution in [1.82, 2.24) is 20.2 Å². The SMILES string of the molecule is CCC(NC(=O)NCc1ccc(-n2ccnc2)cc1)c1ccc(OC)cc1. The molecule has 2 amide bonds. The number of hydrogen-bond acceptors (Lipinski definition) is 3. The molecule has 6 heteroatoms. The van der Waals surface area contributed by atoms with E-state index >= 15 is 0 Å². The molecule has 27 heavy (non-hydrogen) atoms. The van der Waals surface area contributed by atoms with Crippen molar-refractivity contribution in [3.8, 4) is 11.4 Å². The zero-order chi connectivity index (χ0) is 19.1. The number of hydrogen-bond donors (Lipinski definition) is 2. The second-order valence-electron chi connectivity index (χ2n) is 6.20. The molecule has 140 valence electrons. The summed E-state index contributed by atoms with van der Waals surface area (Å²) in [6, 6.07) is 15.5. The molecule has 0 spiro atoms. The first-order valence-electron chi connectivity index (χ1n) is 8.95. The van der Waals surface area contributed by atoms with Crippen LogP contribution < -0.4 is 15.4 Å². The van der Waals surface area contributed by atoms with E-state index in [9.17, 15) is 4.79 Å². The lowest BCUT2D eigenvalue weighted by molar-refractivity contribution is 0.236. The maximum atomic E-state index is 12.3. The Bertz CT molecular complexity index is 843. The van der Waals surface area contributed by atoms with Crippen molar-refractivity contribution in [2.75, 3.05) is 7.11 Å². The molecule has 3 aromatic rings. The van der Waals surface area contributed by atoms with Crippen LogP contribution in [0.15, 0.2) is 67.3 Å². The van der Waals surface area contributed by atoms with Crippen molar-refractivity contribution in [3.63, 3.8) is 0 Å². The predicted molar refractivity (Wildman–Crippen MR) is 105 cm³/mol. The number of benzene rings is 2. The van der Waals surface area contributed by atoms with Crippen LogP contribution in [0.3, 0.4) is 0 Å². The van der Waals surface area contributed by atoms with E-state index in [1.54, 1.807) is 19.6 Å². The van der Waals surface area contributed by atoms with E-state index in [1.807, 2.05) is 66.2 Å². The van der Waals surface area contributed by atoms with Crippen LogP contribution in [0.2, 0.25) is 0 Å². The number of methoxy groups -OCH3 is 1. The maximum absolute atomic E-state index is 12.3. The molecule has 3 rings (SSSR count). The number of aromatic nitrogens is 2. The molecule has 1 aromatic heterocycles. The van der Waals surface area contributed by atoms with Crippen LogP contribution in [0.5, 0.6) is 5.75 Å². The highest BCUT2D eigenvalue weighted by Gasteiger charge is 2.12. The number of nitrogens with zero attached hydrogens (tertiary/aromatic N) is 2. The zero-order valence-corrected chi connectivity index (χ0v) is 15.6. The number of carbonyl (C=O) groups is 1. The Morgan fingerprint density at radius 1 is 1.15 bits per heavy atom. The van der Waals surface area contributed by atoms with Crippen molar-refractivity contribution in [3.05, 3.63) is 78.4 Å². The van der Waals surface area contributed by atoms with E-state index in [0.717, 1.165) is 29.0 Å². The lowest BCUT2D eigenvalue weighted by Crippen LogP contribution is -2.37. The summed E-state index contributed by atoms with van der Waals surface area (Å²) in [4.78, 5) is 16.3. The van der Waals surface area contributed by atoms with Crippen molar-refractivity contribution in [2.45, 2.75) is 25.9 Å². The molecule has 0 aliphatic carbocycles. The van der Waals surface area contributed by atoms with Gasteiger partial charge in [-0.1, -0.05) is 31.2 Å². The molecule has 0 radical (unpaired) electrons. The van der Waals surface area contributed by atoms with E-state index in [4.69, 9.17) is 4.74 Å². The molecule has 0 saturated heterocycles. The quantitative estimate of drug-likeness (QED) is 0.669. The van der Waals surface area contributed by atoms with Crippen molar-refractivity contribution in [2.24, 2.45) is 0 Å². The maximum Gasteiger partial charge on any atom is 0.315 e. The van der Waals surface area contributed by atoms with Gasteiger partial charge in [0.25, 0.3) is 0 Å². The molecular weight excluding hydrogens is 340 g/mol. The van der Waals surface area contributed by atoms with E-state index in [2.05, 4.69) is 15.6 Å². The molecule has 0 saturated carbocycles. The standard InChI is InChI=1S/C21H24N4O2/c1-3-20(17-6-10-19(27-2)11-7-17)24-21(26)23-14-16-4-8-18(9-5-16)25-13-12-22-15-25/h4-13,15,20H,3,14H2,1-2H3,(H2,23,24,26). The summed E-state index contributed by atoms with van der Waals surface area (Å²) < 4.78 is 7.11. The number of amides is 2. The minimum Gasteiger partial charge on any atom is -0.497 e. The molecule has 6 nitrogen and oxygen atoms in total. The van der Waals surface area contributed by atoms with E-state index < -0.39 is 0 Å². The Morgan fingerprint density at radius 2 is 1.89 bits per heavy atom. The fourth-order valence-electron chi connectivity index (χ4n) is 2.85. The van der Waals surface area contributed by atoms with Gasteiger partial charge in [-0.2, -0.15) is 0 Å². The molecular formula is C21H24N4O2. The lowest BCUT2D eigenvalue weighted by Gasteiger charge is -2.18. The van der Waals surface area contributed by atoms with Crippen molar-refractivity contribution >= 4 is 6.03 Å². The largest absolute Gasteiger partial charge is 0.497 e. The fraction of sp³-hybridized carbons (Fsp3) is 0.238. The molecule has 2 aromatic carbocycles. The first-order chi connectivity index (χ1) is 13.2. The fourth-order valence-corrected chi connectivity index (χ4v) is 2.85. The van der Waals surface area contributed by atoms with Crippen LogP contribution in [0.25, 0.3) is 5.69 Å². The smallest absolute Gasteiger partial charge is 0.315 e. The normalized spacial score (nSPS) is 11.6. The Kier molecular flexibility index (Phi) is 6.10. The molecule has 0 fully saturated rings. The molecule has 2 N–H and O–H groups in total. The number of carbonyl (C=O) groups excluding carboxylic acids is 1. The summed E-state index contributed by atoms with van der Waals surface area (Å²) in [7, 11) is 1.64. The van der Waals surface area contributed by atoms with Gasteiger partial charge < -0.3 is 19.9 Å². The summed E-state index contributed by atoms with van der Waals surface area (Å²) in [5.74, 6) is 0.803. The van der Waals surface area contributed by atoms with Crippen LogP contribution in [-0.2, 0) is 6.54 Å². The zero-order valence-electron chi connectivity index (χ0n) is 15.6. The van der Waals surface area contributed by atoms with Gasteiger partial charge in [-0.05, 0) is 41.8 Å². The molecule has 1 atom stereocenters. The minimum absolute atomic E-state index is 0.0421. The number of imidazole rings is 1. The summed E-state index contributed by atoms with van der Waals surface area (Å²) in [5.41, 5.74) is 3.12. The van der Waals surface area contributed by atoms with Gasteiger partial charge in [0, 0.05) is 24.6 Å². The Labute approximate surface area is 159 Å². The van der Waals surface area contributed by atoms with Crippen LogP contribution in [-0.4, -0.2) is 22.7 Å². The van der Waals surface area contributed by atoms with Gasteiger partial charge >= 0.3 is 6.03 Å². The molecule has 0 aliphatic rings. The first kappa shape index (κ1) is 18.5. The van der Waals surface area contributed by atoms with E-state index in [-0.39, 0.29) is 12.1 Å². The highest BCUT2D eigenvalue weighted by atomic mass is 16.5. The van der Waals surface area contributed by atoms with Gasteiger partial charge in [0.15, 0.2) is 0 Å². The molecule has 1 heterocycles. The number of nitrogens with one attached hydrogen (secondary N) is 2. The summed E-state index contributed by atoms with van der Waals surface area (Å²) >= 11 is 0. The Hall–Kier alpha value is -3.28. The number of ether oxygens (including phenoxy) is 1. The first-order valence-corrected chi connectivity index (χ1v) is 8.95. The van der Waals surface area contributed by atoms with Gasteiger partial charge in [0.05, 0.1) is 19.5 Å². The highest BCUT2D eigenvalue weighted by Crippen LogP contribution is 2.20. The third-order valence-corrected chi connectivity index (χ3v) is 4.42. The van der Waals surface area contributed by atoms with Crippen LogP contribution in [0.1, 0.15) is 30.5 Å². The highest BCUT2D eigenvalue weighted by molar-refractivity contribution is 5.74. The number of urea groups is 1. The van der Waals surface area contributed by atoms with E-state index in [1.165, 1.54) is 0 Å². The second-order valence-corrected chi connectivity index (χ2v) is 6.20. The Morgan fingerprint density at radius 3 is 2.48 bits per heavy atom. The summed E-state index contributed by atoms with van der Waals surface area (Å²) in [6.45, 7) is 2.51. The van der Waals surface area contributed by atoms with E-state index in [0.29, 0.717) is 6.54 Å². The second kappa shape index (κ2) is 8.89. The van der Waals surface area contributed by atoms with Gasteiger partial charge in [-0.25, -0.2) is 9.78 Å². The van der Waals surface area contributed by atoms with Crippen LogP contribution >= 0.6 is 0 Å². The van der Waals surface area contributed by atoms with Crippen molar-refractivity contribution in [1.29, 1.82) is 0 Å². The van der Waals surface area contributed by atoms with Crippen LogP contribution in [0, 0.1) is 0 Å². The third-order valence-electron chi connectivity index (χ3n) is 4.42. The average Bonchev–Trinajstić information content (AvgIpc) is 3.26. The monoisotopic (exact) mass is 364 g/mol. The minimum atomic E-state index is -0.184. The lowest BCUT2D eigenvalue weighted by atomic mass is 10.0. The number of rotatable bonds is 7. The summed E-state index contributed by atoms with van der Waals surface area (Å²) in [5, 5.41) is 5.94. The van der Waals surface area contributed by atoms with Crippen molar-refractivity contribution < 1.29 is 9.53 Å². The topological polar surface area (TPSA) is 68.2 Å².